The summed E-state index contributed by atoms with van der Waals surface area (Å²) in [6, 6.07) is 14.5. The standard InChI is InChI=1S/C21H23N3O5/c1-4-16(28-18-8-6-5-7-17(18)27-3)21(25)22-13-19-23-20(24-29-19)14-9-11-15(26-2)12-10-14/h5-12,16H,4,13H2,1-3H3,(H,22,25). The molecule has 3 aromatic rings. The molecular weight excluding hydrogens is 374 g/mol. The van der Waals surface area contributed by atoms with E-state index >= 15 is 0 Å². The van der Waals surface area contributed by atoms with Gasteiger partial charge in [0.15, 0.2) is 17.6 Å². The molecule has 1 aromatic heterocycles. The van der Waals surface area contributed by atoms with Crippen molar-refractivity contribution in [2.24, 2.45) is 0 Å². The molecule has 1 heterocycles. The molecule has 0 aliphatic heterocycles. The van der Waals surface area contributed by atoms with Crippen LogP contribution in [0.1, 0.15) is 19.2 Å². The summed E-state index contributed by atoms with van der Waals surface area (Å²) in [7, 11) is 3.16. The van der Waals surface area contributed by atoms with E-state index in [1.807, 2.05) is 43.3 Å². The fourth-order valence-electron chi connectivity index (χ4n) is 2.65. The summed E-state index contributed by atoms with van der Waals surface area (Å²) in [6.45, 7) is 1.97. The Labute approximate surface area is 168 Å². The molecule has 1 atom stereocenters. The molecule has 0 fully saturated rings. The lowest BCUT2D eigenvalue weighted by molar-refractivity contribution is -0.128. The van der Waals surface area contributed by atoms with Crippen molar-refractivity contribution in [1.29, 1.82) is 0 Å². The fourth-order valence-corrected chi connectivity index (χ4v) is 2.65. The highest BCUT2D eigenvalue weighted by Crippen LogP contribution is 2.27. The zero-order chi connectivity index (χ0) is 20.6. The van der Waals surface area contributed by atoms with Crippen LogP contribution in [0.25, 0.3) is 11.4 Å². The number of hydrogen-bond acceptors (Lipinski definition) is 7. The average molecular weight is 397 g/mol. The molecule has 1 N–H and O–H groups in total. The number of carbonyl (C=O) groups excluding carboxylic acids is 1. The van der Waals surface area contributed by atoms with Crippen molar-refractivity contribution in [2.75, 3.05) is 14.2 Å². The number of benzene rings is 2. The first kappa shape index (κ1) is 20.2. The normalized spacial score (nSPS) is 11.6. The van der Waals surface area contributed by atoms with Gasteiger partial charge < -0.3 is 24.1 Å². The first-order chi connectivity index (χ1) is 14.1. The van der Waals surface area contributed by atoms with Gasteiger partial charge in [0.05, 0.1) is 20.8 Å². The lowest BCUT2D eigenvalue weighted by Gasteiger charge is -2.18. The molecular formula is C21H23N3O5. The number of rotatable bonds is 9. The molecule has 0 saturated heterocycles. The Morgan fingerprint density at radius 2 is 1.79 bits per heavy atom. The number of methoxy groups -OCH3 is 2. The van der Waals surface area contributed by atoms with Crippen molar-refractivity contribution in [1.82, 2.24) is 15.5 Å². The van der Waals surface area contributed by atoms with Gasteiger partial charge in [-0.25, -0.2) is 0 Å². The topological polar surface area (TPSA) is 95.7 Å². The zero-order valence-corrected chi connectivity index (χ0v) is 16.5. The van der Waals surface area contributed by atoms with Gasteiger partial charge in [0, 0.05) is 5.56 Å². The summed E-state index contributed by atoms with van der Waals surface area (Å²) >= 11 is 0. The van der Waals surface area contributed by atoms with Gasteiger partial charge in [-0.15, -0.1) is 0 Å². The molecule has 29 heavy (non-hydrogen) atoms. The van der Waals surface area contributed by atoms with Gasteiger partial charge in [-0.3, -0.25) is 4.79 Å². The minimum Gasteiger partial charge on any atom is -0.497 e. The van der Waals surface area contributed by atoms with E-state index in [9.17, 15) is 4.79 Å². The summed E-state index contributed by atoms with van der Waals surface area (Å²) in [5.41, 5.74) is 0.790. The van der Waals surface area contributed by atoms with E-state index in [1.54, 1.807) is 26.4 Å². The number of nitrogens with one attached hydrogen (secondary N) is 1. The van der Waals surface area contributed by atoms with Gasteiger partial charge in [-0.1, -0.05) is 24.2 Å². The van der Waals surface area contributed by atoms with E-state index in [-0.39, 0.29) is 12.5 Å². The van der Waals surface area contributed by atoms with Crippen LogP contribution in [0, 0.1) is 0 Å². The molecule has 3 rings (SSSR count). The lowest BCUT2D eigenvalue weighted by atomic mass is 10.2. The molecule has 8 heteroatoms. The van der Waals surface area contributed by atoms with Crippen LogP contribution >= 0.6 is 0 Å². The van der Waals surface area contributed by atoms with E-state index in [2.05, 4.69) is 15.5 Å². The van der Waals surface area contributed by atoms with Crippen molar-refractivity contribution >= 4 is 5.91 Å². The molecule has 0 aliphatic rings. The van der Waals surface area contributed by atoms with E-state index in [0.717, 1.165) is 11.3 Å². The van der Waals surface area contributed by atoms with Crippen molar-refractivity contribution < 1.29 is 23.5 Å². The Bertz CT molecular complexity index is 939. The summed E-state index contributed by atoms with van der Waals surface area (Å²) in [6.07, 6.45) is -0.180. The summed E-state index contributed by atoms with van der Waals surface area (Å²) in [4.78, 5) is 16.8. The van der Waals surface area contributed by atoms with Crippen molar-refractivity contribution in [3.05, 3.63) is 54.4 Å². The number of nitrogens with zero attached hydrogens (tertiary/aromatic N) is 2. The summed E-state index contributed by atoms with van der Waals surface area (Å²) in [5, 5.41) is 6.72. The number of amides is 1. The number of carbonyl (C=O) groups is 1. The molecule has 1 amide bonds. The molecule has 0 bridgehead atoms. The minimum atomic E-state index is -0.671. The third-order valence-corrected chi connectivity index (χ3v) is 4.23. The smallest absolute Gasteiger partial charge is 0.261 e. The predicted molar refractivity (Wildman–Crippen MR) is 106 cm³/mol. The summed E-state index contributed by atoms with van der Waals surface area (Å²) in [5.74, 6) is 2.29. The molecule has 8 nitrogen and oxygen atoms in total. The van der Waals surface area contributed by atoms with Crippen LogP contribution in [0.15, 0.2) is 53.1 Å². The van der Waals surface area contributed by atoms with Crippen LogP contribution in [-0.4, -0.2) is 36.4 Å². The SMILES string of the molecule is CCC(Oc1ccccc1OC)C(=O)NCc1nc(-c2ccc(OC)cc2)no1. The Balaban J connectivity index is 1.59. The maximum absolute atomic E-state index is 12.5. The van der Waals surface area contributed by atoms with E-state index < -0.39 is 6.10 Å². The summed E-state index contributed by atoms with van der Waals surface area (Å²) < 4.78 is 21.4. The van der Waals surface area contributed by atoms with Crippen LogP contribution < -0.4 is 19.5 Å². The zero-order valence-electron chi connectivity index (χ0n) is 16.5. The molecule has 0 saturated carbocycles. The van der Waals surface area contributed by atoms with Crippen molar-refractivity contribution in [3.8, 4) is 28.6 Å². The number of ether oxygens (including phenoxy) is 3. The second-order valence-corrected chi connectivity index (χ2v) is 6.12. The van der Waals surface area contributed by atoms with Crippen LogP contribution in [-0.2, 0) is 11.3 Å². The maximum Gasteiger partial charge on any atom is 0.261 e. The molecule has 1 unspecified atom stereocenters. The van der Waals surface area contributed by atoms with Crippen molar-refractivity contribution in [2.45, 2.75) is 26.0 Å². The van der Waals surface area contributed by atoms with Gasteiger partial charge in [0.2, 0.25) is 11.7 Å². The molecule has 152 valence electrons. The third kappa shape index (κ3) is 5.04. The van der Waals surface area contributed by atoms with Crippen molar-refractivity contribution in [3.63, 3.8) is 0 Å². The van der Waals surface area contributed by atoms with Crippen LogP contribution in [0.2, 0.25) is 0 Å². The molecule has 0 spiro atoms. The van der Waals surface area contributed by atoms with Crippen LogP contribution in [0.4, 0.5) is 0 Å². The largest absolute Gasteiger partial charge is 0.497 e. The third-order valence-electron chi connectivity index (χ3n) is 4.23. The molecule has 0 radical (unpaired) electrons. The Morgan fingerprint density at radius 3 is 2.45 bits per heavy atom. The Morgan fingerprint density at radius 1 is 1.07 bits per heavy atom. The second kappa shape index (κ2) is 9.59. The highest BCUT2D eigenvalue weighted by Gasteiger charge is 2.20. The van der Waals surface area contributed by atoms with E-state index in [4.69, 9.17) is 18.7 Å². The van der Waals surface area contributed by atoms with Gasteiger partial charge >= 0.3 is 0 Å². The predicted octanol–water partition coefficient (Wildman–Crippen LogP) is 3.23. The second-order valence-electron chi connectivity index (χ2n) is 6.12. The quantitative estimate of drug-likeness (QED) is 0.592. The monoisotopic (exact) mass is 397 g/mol. The van der Waals surface area contributed by atoms with Crippen LogP contribution in [0.3, 0.4) is 0 Å². The number of aromatic nitrogens is 2. The van der Waals surface area contributed by atoms with E-state index in [0.29, 0.717) is 29.6 Å². The first-order valence-corrected chi connectivity index (χ1v) is 9.19. The average Bonchev–Trinajstić information content (AvgIpc) is 3.25. The first-order valence-electron chi connectivity index (χ1n) is 9.19. The molecule has 2 aromatic carbocycles. The Kier molecular flexibility index (Phi) is 6.67. The Hall–Kier alpha value is -3.55. The van der Waals surface area contributed by atoms with E-state index in [1.165, 1.54) is 0 Å². The van der Waals surface area contributed by atoms with Gasteiger partial charge in [-0.2, -0.15) is 4.98 Å². The lowest BCUT2D eigenvalue weighted by Crippen LogP contribution is -2.37. The number of hydrogen-bond donors (Lipinski definition) is 1. The number of para-hydroxylation sites is 2. The maximum atomic E-state index is 12.5. The highest BCUT2D eigenvalue weighted by molar-refractivity contribution is 5.81. The van der Waals surface area contributed by atoms with Gasteiger partial charge in [0.25, 0.3) is 5.91 Å². The minimum absolute atomic E-state index is 0.105. The van der Waals surface area contributed by atoms with Gasteiger partial charge in [-0.05, 0) is 42.8 Å². The van der Waals surface area contributed by atoms with Crippen LogP contribution in [0.5, 0.6) is 17.2 Å². The highest BCUT2D eigenvalue weighted by atomic mass is 16.5. The fraction of sp³-hybridized carbons (Fsp3) is 0.286. The van der Waals surface area contributed by atoms with Gasteiger partial charge in [0.1, 0.15) is 5.75 Å². The molecule has 0 aliphatic carbocycles.